The first-order valence-corrected chi connectivity index (χ1v) is 6.47. The van der Waals surface area contributed by atoms with Crippen LogP contribution in [0, 0.1) is 5.92 Å². The van der Waals surface area contributed by atoms with E-state index in [-0.39, 0.29) is 0 Å². The number of carboxylic acid groups (broad SMARTS) is 1. The van der Waals surface area contributed by atoms with Crippen LogP contribution in [-0.2, 0) is 6.54 Å². The van der Waals surface area contributed by atoms with E-state index in [4.69, 9.17) is 5.11 Å². The van der Waals surface area contributed by atoms with Crippen molar-refractivity contribution < 1.29 is 9.90 Å². The Bertz CT molecular complexity index is 371. The van der Waals surface area contributed by atoms with Crippen LogP contribution in [0.15, 0.2) is 12.1 Å². The Labute approximate surface area is 99.7 Å². The summed E-state index contributed by atoms with van der Waals surface area (Å²) in [5, 5.41) is 8.82. The SMILES string of the molecule is CN(Cc1ccc(C(=O)O)s1)CC1CCC1. The van der Waals surface area contributed by atoms with Crippen LogP contribution >= 0.6 is 11.3 Å². The molecule has 1 aromatic rings. The minimum absolute atomic E-state index is 0.437. The smallest absolute Gasteiger partial charge is 0.345 e. The van der Waals surface area contributed by atoms with Crippen LogP contribution in [0.4, 0.5) is 0 Å². The average molecular weight is 239 g/mol. The molecule has 1 saturated carbocycles. The molecule has 3 nitrogen and oxygen atoms in total. The van der Waals surface area contributed by atoms with Crippen LogP contribution in [-0.4, -0.2) is 29.6 Å². The zero-order valence-electron chi connectivity index (χ0n) is 9.48. The second-order valence-corrected chi connectivity index (χ2v) is 5.73. The second-order valence-electron chi connectivity index (χ2n) is 4.56. The molecule has 1 aliphatic rings. The van der Waals surface area contributed by atoms with Crippen LogP contribution in [0.3, 0.4) is 0 Å². The van der Waals surface area contributed by atoms with Crippen molar-refractivity contribution in [3.8, 4) is 0 Å². The van der Waals surface area contributed by atoms with Gasteiger partial charge in [-0.15, -0.1) is 11.3 Å². The fourth-order valence-corrected chi connectivity index (χ4v) is 2.95. The molecule has 2 rings (SSSR count). The van der Waals surface area contributed by atoms with Gasteiger partial charge in [0.05, 0.1) is 0 Å². The van der Waals surface area contributed by atoms with Crippen molar-refractivity contribution in [2.24, 2.45) is 5.92 Å². The van der Waals surface area contributed by atoms with Gasteiger partial charge in [-0.1, -0.05) is 6.42 Å². The Hall–Kier alpha value is -0.870. The first-order valence-electron chi connectivity index (χ1n) is 5.65. The molecule has 0 radical (unpaired) electrons. The molecule has 0 saturated heterocycles. The van der Waals surface area contributed by atoms with Gasteiger partial charge in [0.1, 0.15) is 4.88 Å². The molecule has 1 aliphatic carbocycles. The summed E-state index contributed by atoms with van der Waals surface area (Å²) in [5.74, 6) is 0.0433. The molecular formula is C12H17NO2S. The summed E-state index contributed by atoms with van der Waals surface area (Å²) in [6.45, 7) is 2.01. The number of carbonyl (C=O) groups is 1. The van der Waals surface area contributed by atoms with Gasteiger partial charge in [0.15, 0.2) is 0 Å². The molecule has 1 fully saturated rings. The summed E-state index contributed by atoms with van der Waals surface area (Å²) in [7, 11) is 2.11. The van der Waals surface area contributed by atoms with E-state index in [1.165, 1.54) is 30.6 Å². The summed E-state index contributed by atoms with van der Waals surface area (Å²) in [4.78, 5) is 14.6. The molecule has 0 aliphatic heterocycles. The Morgan fingerprint density at radius 3 is 2.81 bits per heavy atom. The number of thiophene rings is 1. The van der Waals surface area contributed by atoms with Gasteiger partial charge < -0.3 is 10.0 Å². The minimum atomic E-state index is -0.821. The number of rotatable bonds is 5. The van der Waals surface area contributed by atoms with E-state index in [9.17, 15) is 4.79 Å². The van der Waals surface area contributed by atoms with Gasteiger partial charge in [0.2, 0.25) is 0 Å². The molecule has 0 unspecified atom stereocenters. The van der Waals surface area contributed by atoms with E-state index in [0.29, 0.717) is 4.88 Å². The summed E-state index contributed by atoms with van der Waals surface area (Å²) >= 11 is 1.38. The molecule has 0 spiro atoms. The molecule has 0 aromatic carbocycles. The van der Waals surface area contributed by atoms with E-state index in [1.54, 1.807) is 6.07 Å². The number of hydrogen-bond donors (Lipinski definition) is 1. The van der Waals surface area contributed by atoms with Crippen molar-refractivity contribution >= 4 is 17.3 Å². The normalized spacial score (nSPS) is 16.4. The zero-order valence-corrected chi connectivity index (χ0v) is 10.3. The van der Waals surface area contributed by atoms with Crippen molar-refractivity contribution in [2.75, 3.05) is 13.6 Å². The van der Waals surface area contributed by atoms with Gasteiger partial charge in [-0.2, -0.15) is 0 Å². The molecule has 4 heteroatoms. The number of nitrogens with zero attached hydrogens (tertiary/aromatic N) is 1. The van der Waals surface area contributed by atoms with Crippen molar-refractivity contribution in [2.45, 2.75) is 25.8 Å². The lowest BCUT2D eigenvalue weighted by molar-refractivity contribution is 0.0702. The third-order valence-corrected chi connectivity index (χ3v) is 4.15. The first kappa shape index (κ1) is 11.6. The molecule has 88 valence electrons. The standard InChI is InChI=1S/C12H17NO2S/c1-13(7-9-3-2-4-9)8-10-5-6-11(16-10)12(14)15/h5-6,9H,2-4,7-8H2,1H3,(H,14,15). The van der Waals surface area contributed by atoms with E-state index in [2.05, 4.69) is 11.9 Å². The summed E-state index contributed by atoms with van der Waals surface area (Å²) in [6, 6.07) is 3.62. The molecule has 1 heterocycles. The van der Waals surface area contributed by atoms with E-state index >= 15 is 0 Å². The molecule has 16 heavy (non-hydrogen) atoms. The minimum Gasteiger partial charge on any atom is -0.477 e. The predicted molar refractivity (Wildman–Crippen MR) is 65.0 cm³/mol. The Morgan fingerprint density at radius 1 is 1.56 bits per heavy atom. The van der Waals surface area contributed by atoms with Crippen LogP contribution in [0.1, 0.15) is 33.8 Å². The Balaban J connectivity index is 1.84. The quantitative estimate of drug-likeness (QED) is 0.858. The topological polar surface area (TPSA) is 40.5 Å². The fourth-order valence-electron chi connectivity index (χ4n) is 2.02. The van der Waals surface area contributed by atoms with E-state index in [0.717, 1.165) is 23.9 Å². The molecule has 1 aromatic heterocycles. The lowest BCUT2D eigenvalue weighted by Gasteiger charge is -2.29. The fraction of sp³-hybridized carbons (Fsp3) is 0.583. The maximum Gasteiger partial charge on any atom is 0.345 e. The van der Waals surface area contributed by atoms with Crippen LogP contribution in [0.2, 0.25) is 0 Å². The first-order chi connectivity index (χ1) is 7.65. The molecular weight excluding hydrogens is 222 g/mol. The maximum atomic E-state index is 10.7. The predicted octanol–water partition coefficient (Wildman–Crippen LogP) is 2.68. The third-order valence-electron chi connectivity index (χ3n) is 3.09. The Kier molecular flexibility index (Phi) is 3.61. The van der Waals surface area contributed by atoms with Crippen molar-refractivity contribution in [1.29, 1.82) is 0 Å². The van der Waals surface area contributed by atoms with E-state index in [1.807, 2.05) is 6.07 Å². The number of carboxylic acids is 1. The van der Waals surface area contributed by atoms with Crippen LogP contribution in [0.25, 0.3) is 0 Å². The molecule has 1 N–H and O–H groups in total. The van der Waals surface area contributed by atoms with Crippen molar-refractivity contribution in [3.63, 3.8) is 0 Å². The maximum absolute atomic E-state index is 10.7. The number of aromatic carboxylic acids is 1. The average Bonchev–Trinajstić information content (AvgIpc) is 2.60. The van der Waals surface area contributed by atoms with Crippen LogP contribution in [0.5, 0.6) is 0 Å². The van der Waals surface area contributed by atoms with Gasteiger partial charge in [-0.05, 0) is 37.9 Å². The monoisotopic (exact) mass is 239 g/mol. The van der Waals surface area contributed by atoms with Gasteiger partial charge in [0, 0.05) is 18.0 Å². The van der Waals surface area contributed by atoms with Crippen LogP contribution < -0.4 is 0 Å². The van der Waals surface area contributed by atoms with E-state index < -0.39 is 5.97 Å². The second kappa shape index (κ2) is 4.97. The largest absolute Gasteiger partial charge is 0.477 e. The summed E-state index contributed by atoms with van der Waals surface area (Å²) < 4.78 is 0. The van der Waals surface area contributed by atoms with Gasteiger partial charge >= 0.3 is 5.97 Å². The molecule has 0 amide bonds. The zero-order chi connectivity index (χ0) is 11.5. The highest BCUT2D eigenvalue weighted by Crippen LogP contribution is 2.27. The highest BCUT2D eigenvalue weighted by atomic mass is 32.1. The summed E-state index contributed by atoms with van der Waals surface area (Å²) in [5.41, 5.74) is 0. The third kappa shape index (κ3) is 2.83. The molecule has 0 atom stereocenters. The van der Waals surface area contributed by atoms with Gasteiger partial charge in [-0.3, -0.25) is 0 Å². The summed E-state index contributed by atoms with van der Waals surface area (Å²) in [6.07, 6.45) is 4.09. The molecule has 0 bridgehead atoms. The highest BCUT2D eigenvalue weighted by molar-refractivity contribution is 7.13. The lowest BCUT2D eigenvalue weighted by Crippen LogP contribution is -2.28. The van der Waals surface area contributed by atoms with Crippen molar-refractivity contribution in [3.05, 3.63) is 21.9 Å². The van der Waals surface area contributed by atoms with Gasteiger partial charge in [0.25, 0.3) is 0 Å². The van der Waals surface area contributed by atoms with Gasteiger partial charge in [-0.25, -0.2) is 4.79 Å². The van der Waals surface area contributed by atoms with Crippen molar-refractivity contribution in [1.82, 2.24) is 4.90 Å². The Morgan fingerprint density at radius 2 is 2.31 bits per heavy atom. The highest BCUT2D eigenvalue weighted by Gasteiger charge is 2.19. The number of hydrogen-bond acceptors (Lipinski definition) is 3. The lowest BCUT2D eigenvalue weighted by atomic mass is 9.85.